The van der Waals surface area contributed by atoms with E-state index in [4.69, 9.17) is 9.47 Å². The summed E-state index contributed by atoms with van der Waals surface area (Å²) in [6.45, 7) is 5.73. The third-order valence-electron chi connectivity index (χ3n) is 4.29. The Bertz CT molecular complexity index is 937. The van der Waals surface area contributed by atoms with E-state index in [1.165, 1.54) is 0 Å². The number of amides is 3. The van der Waals surface area contributed by atoms with Crippen LogP contribution in [0.3, 0.4) is 0 Å². The summed E-state index contributed by atoms with van der Waals surface area (Å²) < 4.78 is 10.3. The van der Waals surface area contributed by atoms with Crippen LogP contribution in [0.5, 0.6) is 5.75 Å². The zero-order valence-corrected chi connectivity index (χ0v) is 19.0. The van der Waals surface area contributed by atoms with E-state index in [0.717, 1.165) is 11.1 Å². The molecule has 0 saturated carbocycles. The SMILES string of the molecule is COc1cccc(CC(=O)Nc2ccccc2CNC(=O)CCNC(=O)OC(C)(C)C)c1. The summed E-state index contributed by atoms with van der Waals surface area (Å²) in [4.78, 5) is 36.2. The van der Waals surface area contributed by atoms with Gasteiger partial charge in [-0.1, -0.05) is 30.3 Å². The van der Waals surface area contributed by atoms with E-state index in [9.17, 15) is 14.4 Å². The number of benzene rings is 2. The number of hydrogen-bond acceptors (Lipinski definition) is 5. The zero-order valence-electron chi connectivity index (χ0n) is 19.0. The number of nitrogens with one attached hydrogen (secondary N) is 3. The zero-order chi connectivity index (χ0) is 23.6. The lowest BCUT2D eigenvalue weighted by Gasteiger charge is -2.19. The van der Waals surface area contributed by atoms with Crippen molar-refractivity contribution in [2.24, 2.45) is 0 Å². The minimum Gasteiger partial charge on any atom is -0.497 e. The van der Waals surface area contributed by atoms with Crippen molar-refractivity contribution in [1.29, 1.82) is 0 Å². The molecule has 0 spiro atoms. The fourth-order valence-electron chi connectivity index (χ4n) is 2.83. The van der Waals surface area contributed by atoms with E-state index in [1.54, 1.807) is 33.9 Å². The van der Waals surface area contributed by atoms with Crippen molar-refractivity contribution in [3.05, 3.63) is 59.7 Å². The second-order valence-electron chi connectivity index (χ2n) is 8.19. The highest BCUT2D eigenvalue weighted by Gasteiger charge is 2.16. The minimum absolute atomic E-state index is 0.115. The molecule has 172 valence electrons. The fourth-order valence-corrected chi connectivity index (χ4v) is 2.83. The molecule has 0 fully saturated rings. The van der Waals surface area contributed by atoms with Crippen molar-refractivity contribution in [3.8, 4) is 5.75 Å². The van der Waals surface area contributed by atoms with Crippen molar-refractivity contribution in [2.75, 3.05) is 19.0 Å². The normalized spacial score (nSPS) is 10.8. The Balaban J connectivity index is 1.83. The van der Waals surface area contributed by atoms with Gasteiger partial charge in [0.25, 0.3) is 0 Å². The molecule has 0 saturated heterocycles. The summed E-state index contributed by atoms with van der Waals surface area (Å²) >= 11 is 0. The van der Waals surface area contributed by atoms with Gasteiger partial charge in [0.15, 0.2) is 0 Å². The van der Waals surface area contributed by atoms with Crippen molar-refractivity contribution in [2.45, 2.75) is 45.8 Å². The molecule has 2 aromatic rings. The third-order valence-corrected chi connectivity index (χ3v) is 4.29. The maximum absolute atomic E-state index is 12.5. The maximum Gasteiger partial charge on any atom is 0.407 e. The highest BCUT2D eigenvalue weighted by Crippen LogP contribution is 2.17. The molecule has 0 radical (unpaired) electrons. The van der Waals surface area contributed by atoms with Crippen molar-refractivity contribution >= 4 is 23.6 Å². The summed E-state index contributed by atoms with van der Waals surface area (Å²) in [7, 11) is 1.58. The van der Waals surface area contributed by atoms with Crippen molar-refractivity contribution in [3.63, 3.8) is 0 Å². The predicted molar refractivity (Wildman–Crippen MR) is 122 cm³/mol. The Hall–Kier alpha value is -3.55. The molecule has 8 heteroatoms. The average Bonchev–Trinajstić information content (AvgIpc) is 2.72. The van der Waals surface area contributed by atoms with Crippen LogP contribution in [0, 0.1) is 0 Å². The van der Waals surface area contributed by atoms with Crippen molar-refractivity contribution < 1.29 is 23.9 Å². The van der Waals surface area contributed by atoms with E-state index in [1.807, 2.05) is 42.5 Å². The van der Waals surface area contributed by atoms with E-state index in [0.29, 0.717) is 11.4 Å². The van der Waals surface area contributed by atoms with Crippen LogP contribution in [-0.4, -0.2) is 37.2 Å². The van der Waals surface area contributed by atoms with Crippen LogP contribution in [0.1, 0.15) is 38.3 Å². The third kappa shape index (κ3) is 9.07. The molecular weight excluding hydrogens is 410 g/mol. The molecule has 0 atom stereocenters. The molecular formula is C24H31N3O5. The van der Waals surface area contributed by atoms with Gasteiger partial charge in [-0.3, -0.25) is 9.59 Å². The highest BCUT2D eigenvalue weighted by atomic mass is 16.6. The first-order valence-electron chi connectivity index (χ1n) is 10.4. The van der Waals surface area contributed by atoms with Crippen LogP contribution in [0.4, 0.5) is 10.5 Å². The van der Waals surface area contributed by atoms with E-state index in [-0.39, 0.29) is 37.7 Å². The van der Waals surface area contributed by atoms with Crippen LogP contribution in [0.2, 0.25) is 0 Å². The molecule has 32 heavy (non-hydrogen) atoms. The first kappa shape index (κ1) is 24.7. The summed E-state index contributed by atoms with van der Waals surface area (Å²) in [5.74, 6) is 0.303. The number of alkyl carbamates (subject to hydrolysis) is 1. The van der Waals surface area contributed by atoms with E-state index < -0.39 is 11.7 Å². The van der Waals surface area contributed by atoms with Crippen molar-refractivity contribution in [1.82, 2.24) is 10.6 Å². The Morgan fingerprint density at radius 3 is 2.41 bits per heavy atom. The molecule has 0 aliphatic heterocycles. The Morgan fingerprint density at radius 1 is 0.938 bits per heavy atom. The van der Waals surface area contributed by atoms with Gasteiger partial charge in [0.2, 0.25) is 11.8 Å². The topological polar surface area (TPSA) is 106 Å². The molecule has 2 rings (SSSR count). The first-order chi connectivity index (χ1) is 15.2. The number of rotatable bonds is 9. The first-order valence-corrected chi connectivity index (χ1v) is 10.4. The molecule has 0 aromatic heterocycles. The van der Waals surface area contributed by atoms with Crippen LogP contribution < -0.4 is 20.7 Å². The second kappa shape index (κ2) is 11.7. The average molecular weight is 442 g/mol. The lowest BCUT2D eigenvalue weighted by Crippen LogP contribution is -2.35. The number of para-hydroxylation sites is 1. The molecule has 3 amide bonds. The molecule has 0 aliphatic rings. The number of hydrogen-bond donors (Lipinski definition) is 3. The number of ether oxygens (including phenoxy) is 2. The smallest absolute Gasteiger partial charge is 0.407 e. The van der Waals surface area contributed by atoms with Crippen LogP contribution >= 0.6 is 0 Å². The lowest BCUT2D eigenvalue weighted by molar-refractivity contribution is -0.121. The van der Waals surface area contributed by atoms with E-state index in [2.05, 4.69) is 16.0 Å². The van der Waals surface area contributed by atoms with Gasteiger partial charge >= 0.3 is 6.09 Å². The predicted octanol–water partition coefficient (Wildman–Crippen LogP) is 3.41. The van der Waals surface area contributed by atoms with Crippen LogP contribution in [0.25, 0.3) is 0 Å². The van der Waals surface area contributed by atoms with Gasteiger partial charge in [0.05, 0.1) is 13.5 Å². The lowest BCUT2D eigenvalue weighted by atomic mass is 10.1. The summed E-state index contributed by atoms with van der Waals surface area (Å²) in [5, 5.41) is 8.25. The number of carbonyl (C=O) groups is 3. The Kier molecular flexibility index (Phi) is 9.07. The van der Waals surface area contributed by atoms with Gasteiger partial charge in [-0.2, -0.15) is 0 Å². The van der Waals surface area contributed by atoms with Gasteiger partial charge in [-0.05, 0) is 50.1 Å². The highest BCUT2D eigenvalue weighted by molar-refractivity contribution is 5.93. The molecule has 8 nitrogen and oxygen atoms in total. The second-order valence-corrected chi connectivity index (χ2v) is 8.19. The summed E-state index contributed by atoms with van der Waals surface area (Å²) in [6.07, 6.45) is -0.243. The molecule has 0 bridgehead atoms. The van der Waals surface area contributed by atoms with E-state index >= 15 is 0 Å². The van der Waals surface area contributed by atoms with Gasteiger partial charge < -0.3 is 25.4 Å². The van der Waals surface area contributed by atoms with Gasteiger partial charge in [0, 0.05) is 25.2 Å². The summed E-state index contributed by atoms with van der Waals surface area (Å²) in [6, 6.07) is 14.6. The number of methoxy groups -OCH3 is 1. The maximum atomic E-state index is 12.5. The number of carbonyl (C=O) groups excluding carboxylic acids is 3. The monoisotopic (exact) mass is 441 g/mol. The van der Waals surface area contributed by atoms with Crippen LogP contribution in [0.15, 0.2) is 48.5 Å². The largest absolute Gasteiger partial charge is 0.497 e. The quantitative estimate of drug-likeness (QED) is 0.553. The molecule has 3 N–H and O–H groups in total. The molecule has 2 aromatic carbocycles. The van der Waals surface area contributed by atoms with Crippen LogP contribution in [-0.2, 0) is 27.3 Å². The van der Waals surface area contributed by atoms with Gasteiger partial charge in [0.1, 0.15) is 11.4 Å². The molecule has 0 unspecified atom stereocenters. The number of anilines is 1. The van der Waals surface area contributed by atoms with Gasteiger partial charge in [-0.25, -0.2) is 4.79 Å². The van der Waals surface area contributed by atoms with Gasteiger partial charge in [-0.15, -0.1) is 0 Å². The Labute approximate surface area is 188 Å². The summed E-state index contributed by atoms with van der Waals surface area (Å²) in [5.41, 5.74) is 1.66. The standard InChI is InChI=1S/C24H31N3O5/c1-24(2,3)32-23(30)25-13-12-21(28)26-16-18-9-5-6-11-20(18)27-22(29)15-17-8-7-10-19(14-17)31-4/h5-11,14H,12-13,15-16H2,1-4H3,(H,25,30)(H,26,28)(H,27,29). The fraction of sp³-hybridized carbons (Fsp3) is 0.375. The molecule has 0 heterocycles. The molecule has 0 aliphatic carbocycles. The minimum atomic E-state index is -0.590. The Morgan fingerprint density at radius 2 is 1.69 bits per heavy atom.